The highest BCUT2D eigenvalue weighted by Crippen LogP contribution is 2.66. The predicted molar refractivity (Wildman–Crippen MR) is 155 cm³/mol. The molecule has 0 bridgehead atoms. The van der Waals surface area contributed by atoms with Gasteiger partial charge >= 0.3 is 0 Å². The molecule has 0 spiro atoms. The van der Waals surface area contributed by atoms with Gasteiger partial charge < -0.3 is 18.9 Å². The summed E-state index contributed by atoms with van der Waals surface area (Å²) in [6, 6.07) is 11.8. The van der Waals surface area contributed by atoms with Crippen molar-refractivity contribution in [3.63, 3.8) is 0 Å². The molecule has 0 radical (unpaired) electrons. The molecular weight excluding hydrogens is 542 g/mol. The molecule has 4 aliphatic rings. The minimum Gasteiger partial charge on any atom is -0.497 e. The van der Waals surface area contributed by atoms with Crippen molar-refractivity contribution in [2.75, 3.05) is 33.4 Å². The molecule has 10 heteroatoms. The van der Waals surface area contributed by atoms with Gasteiger partial charge in [-0.15, -0.1) is 0 Å². The molecule has 9 nitrogen and oxygen atoms in total. The van der Waals surface area contributed by atoms with E-state index < -0.39 is 22.6 Å². The van der Waals surface area contributed by atoms with Crippen LogP contribution in [0.4, 0.5) is 0 Å². The maximum Gasteiger partial charge on any atom is 0.264 e. The molecule has 7 rings (SSSR count). The van der Waals surface area contributed by atoms with Gasteiger partial charge in [-0.25, -0.2) is 8.93 Å². The lowest BCUT2D eigenvalue weighted by molar-refractivity contribution is -0.141. The Morgan fingerprint density at radius 3 is 2.61 bits per heavy atom. The summed E-state index contributed by atoms with van der Waals surface area (Å²) in [7, 11) is 1.67. The van der Waals surface area contributed by atoms with E-state index in [1.165, 1.54) is 24.8 Å². The third-order valence-corrected chi connectivity index (χ3v) is 10.0. The molecule has 3 fully saturated rings. The molecule has 3 heterocycles. The number of nitrogens with zero attached hydrogens (tertiary/aromatic N) is 2. The molecule has 2 aliphatic carbocycles. The van der Waals surface area contributed by atoms with E-state index in [1.54, 1.807) is 13.2 Å². The smallest absolute Gasteiger partial charge is 0.264 e. The van der Waals surface area contributed by atoms with E-state index in [4.69, 9.17) is 9.47 Å². The van der Waals surface area contributed by atoms with Gasteiger partial charge in [0.15, 0.2) is 0 Å². The van der Waals surface area contributed by atoms with Crippen molar-refractivity contribution in [2.45, 2.75) is 56.9 Å². The van der Waals surface area contributed by atoms with Crippen LogP contribution >= 0.6 is 0 Å². The molecule has 41 heavy (non-hydrogen) atoms. The summed E-state index contributed by atoms with van der Waals surface area (Å²) in [5.41, 5.74) is 5.32. The number of nitrogens with one attached hydrogen (secondary N) is 1. The Morgan fingerprint density at radius 1 is 1.10 bits per heavy atom. The standard InChI is InChI=1S/C31H35N3O6S/c1-39-21-8-10-22-24(16-21)25-17-31(25,30(36)33-11-13-40-14-12-33)18-34-26-15-20(29(35)32-41(37)38)7-9-23(26)27(28(22)34)19-5-3-2-4-6-19/h7-10,15-16,19,25H,2-6,11-14,17-18H2,1H3,(H,32,35)(H,37,38). The first-order chi connectivity index (χ1) is 19.9. The molecule has 3 atom stereocenters. The minimum atomic E-state index is -2.46. The van der Waals surface area contributed by atoms with E-state index >= 15 is 0 Å². The highest BCUT2D eigenvalue weighted by molar-refractivity contribution is 7.77. The number of benzene rings is 2. The number of aromatic nitrogens is 1. The number of carbonyl (C=O) groups excluding carboxylic acids is 2. The lowest BCUT2D eigenvalue weighted by atomic mass is 9.81. The van der Waals surface area contributed by atoms with E-state index in [1.807, 2.05) is 23.1 Å². The molecule has 1 aromatic heterocycles. The van der Waals surface area contributed by atoms with Crippen LogP contribution < -0.4 is 9.46 Å². The summed E-state index contributed by atoms with van der Waals surface area (Å²) in [4.78, 5) is 29.0. The molecule has 2 aromatic carbocycles. The summed E-state index contributed by atoms with van der Waals surface area (Å²) in [6.07, 6.45) is 6.55. The number of carbonyl (C=O) groups is 2. The van der Waals surface area contributed by atoms with Crippen molar-refractivity contribution in [3.05, 3.63) is 53.1 Å². The maximum atomic E-state index is 14.3. The topological polar surface area (TPSA) is 110 Å². The minimum absolute atomic E-state index is 0.0698. The zero-order valence-electron chi connectivity index (χ0n) is 23.2. The zero-order chi connectivity index (χ0) is 28.3. The van der Waals surface area contributed by atoms with Crippen LogP contribution in [0.1, 0.15) is 71.8 Å². The van der Waals surface area contributed by atoms with Crippen LogP contribution in [0.3, 0.4) is 0 Å². The van der Waals surface area contributed by atoms with E-state index in [0.717, 1.165) is 52.7 Å². The molecule has 2 saturated carbocycles. The first-order valence-corrected chi connectivity index (χ1v) is 15.7. The lowest BCUT2D eigenvalue weighted by Crippen LogP contribution is -2.45. The second kappa shape index (κ2) is 10.3. The predicted octanol–water partition coefficient (Wildman–Crippen LogP) is 4.58. The van der Waals surface area contributed by atoms with Crippen LogP contribution in [0.5, 0.6) is 5.75 Å². The average molecular weight is 578 g/mol. The lowest BCUT2D eigenvalue weighted by Gasteiger charge is -2.31. The number of hydrogen-bond acceptors (Lipinski definition) is 5. The van der Waals surface area contributed by atoms with Crippen molar-refractivity contribution in [1.29, 1.82) is 0 Å². The second-order valence-electron chi connectivity index (χ2n) is 11.9. The van der Waals surface area contributed by atoms with Gasteiger partial charge in [-0.1, -0.05) is 25.3 Å². The molecular formula is C31H35N3O6S. The van der Waals surface area contributed by atoms with Crippen LogP contribution in [0.2, 0.25) is 0 Å². The van der Waals surface area contributed by atoms with Crippen molar-refractivity contribution in [1.82, 2.24) is 14.2 Å². The third kappa shape index (κ3) is 4.38. The van der Waals surface area contributed by atoms with Gasteiger partial charge in [0.25, 0.3) is 17.2 Å². The number of rotatable bonds is 5. The largest absolute Gasteiger partial charge is 0.497 e. The Bertz CT molecular complexity index is 1570. The fraction of sp³-hybridized carbons (Fsp3) is 0.484. The summed E-state index contributed by atoms with van der Waals surface area (Å²) < 4.78 is 36.2. The summed E-state index contributed by atoms with van der Waals surface area (Å²) in [5.74, 6) is 0.786. The van der Waals surface area contributed by atoms with Crippen LogP contribution in [-0.4, -0.2) is 63.5 Å². The Hall–Kier alpha value is -3.21. The number of ether oxygens (including phenoxy) is 2. The first kappa shape index (κ1) is 26.7. The average Bonchev–Trinajstić information content (AvgIpc) is 3.67. The van der Waals surface area contributed by atoms with Crippen LogP contribution in [0.15, 0.2) is 36.4 Å². The quantitative estimate of drug-likeness (QED) is 0.430. The zero-order valence-corrected chi connectivity index (χ0v) is 24.0. The molecule has 2 amide bonds. The van der Waals surface area contributed by atoms with E-state index in [-0.39, 0.29) is 11.8 Å². The first-order valence-electron chi connectivity index (χ1n) is 14.5. The fourth-order valence-electron chi connectivity index (χ4n) is 7.64. The third-order valence-electron chi connectivity index (χ3n) is 9.69. The SMILES string of the molecule is COc1ccc2c(c1)C1CC1(C(=O)N1CCOCC1)Cn1c-2c(C2CCCCC2)c2ccc(C(=O)NS(=O)O)cc21. The van der Waals surface area contributed by atoms with Crippen molar-refractivity contribution in [3.8, 4) is 17.0 Å². The number of amides is 2. The van der Waals surface area contributed by atoms with Gasteiger partial charge in [0.2, 0.25) is 5.91 Å². The van der Waals surface area contributed by atoms with Crippen molar-refractivity contribution >= 4 is 34.0 Å². The van der Waals surface area contributed by atoms with Gasteiger partial charge in [0.05, 0.1) is 31.4 Å². The van der Waals surface area contributed by atoms with Gasteiger partial charge in [0, 0.05) is 47.6 Å². The Kier molecular flexibility index (Phi) is 6.67. The van der Waals surface area contributed by atoms with E-state index in [9.17, 15) is 18.4 Å². The summed E-state index contributed by atoms with van der Waals surface area (Å²) >= 11 is -2.46. The second-order valence-corrected chi connectivity index (χ2v) is 12.6. The normalized spacial score (nSPS) is 24.5. The summed E-state index contributed by atoms with van der Waals surface area (Å²) in [5, 5.41) is 1.09. The monoisotopic (exact) mass is 577 g/mol. The molecule has 3 unspecified atom stereocenters. The Morgan fingerprint density at radius 2 is 1.88 bits per heavy atom. The highest BCUT2D eigenvalue weighted by Gasteiger charge is 2.63. The number of fused-ring (bicyclic) bond motifs is 7. The van der Waals surface area contributed by atoms with Gasteiger partial charge in [0.1, 0.15) is 5.75 Å². The van der Waals surface area contributed by atoms with E-state index in [0.29, 0.717) is 44.3 Å². The van der Waals surface area contributed by atoms with Gasteiger partial charge in [-0.2, -0.15) is 0 Å². The number of morpholine rings is 1. The van der Waals surface area contributed by atoms with Crippen LogP contribution in [0.25, 0.3) is 22.2 Å². The summed E-state index contributed by atoms with van der Waals surface area (Å²) in [6.45, 7) is 2.79. The maximum absolute atomic E-state index is 14.3. The van der Waals surface area contributed by atoms with Crippen LogP contribution in [-0.2, 0) is 27.3 Å². The number of hydrogen-bond donors (Lipinski definition) is 2. The van der Waals surface area contributed by atoms with Gasteiger partial charge in [-0.05, 0) is 66.6 Å². The fourth-order valence-corrected chi connectivity index (χ4v) is 7.92. The highest BCUT2D eigenvalue weighted by atomic mass is 32.2. The molecule has 216 valence electrons. The van der Waals surface area contributed by atoms with Crippen molar-refractivity contribution < 1.29 is 27.8 Å². The van der Waals surface area contributed by atoms with E-state index in [2.05, 4.69) is 21.4 Å². The van der Waals surface area contributed by atoms with Gasteiger partial charge in [-0.3, -0.25) is 14.1 Å². The van der Waals surface area contributed by atoms with Crippen molar-refractivity contribution in [2.24, 2.45) is 5.41 Å². The Labute approximate surface area is 241 Å². The molecule has 2 N–H and O–H groups in total. The Balaban J connectivity index is 1.47. The number of methoxy groups -OCH3 is 1. The molecule has 3 aromatic rings. The molecule has 2 aliphatic heterocycles. The van der Waals surface area contributed by atoms with Crippen LogP contribution in [0, 0.1) is 5.41 Å². The molecule has 1 saturated heterocycles.